The second-order valence-corrected chi connectivity index (χ2v) is 2.04. The molecule has 2 aromatic rings. The van der Waals surface area contributed by atoms with Crippen molar-refractivity contribution in [3.8, 4) is 0 Å². The highest BCUT2D eigenvalue weighted by Gasteiger charge is 1.91. The van der Waals surface area contributed by atoms with Crippen molar-refractivity contribution in [1.82, 2.24) is 9.97 Å². The molecule has 2 aromatic heterocycles. The van der Waals surface area contributed by atoms with E-state index in [1.165, 1.54) is 6.07 Å². The van der Waals surface area contributed by atoms with Crippen LogP contribution in [0.25, 0.3) is 11.0 Å². The molecular weight excluding hydrogens is 128 g/mol. The molecule has 0 aliphatic heterocycles. The van der Waals surface area contributed by atoms with Gasteiger partial charge in [0.2, 0.25) is 5.56 Å². The third-order valence-corrected chi connectivity index (χ3v) is 1.35. The molecule has 49 valence electrons. The summed E-state index contributed by atoms with van der Waals surface area (Å²) in [5.41, 5.74) is 1.51. The molecule has 0 amide bonds. The van der Waals surface area contributed by atoms with Crippen LogP contribution in [0.1, 0.15) is 0 Å². The summed E-state index contributed by atoms with van der Waals surface area (Å²) in [5, 5.41) is 0. The number of aromatic amines is 2. The van der Waals surface area contributed by atoms with Crippen LogP contribution in [0.15, 0.2) is 23.1 Å². The van der Waals surface area contributed by atoms with Crippen molar-refractivity contribution in [2.24, 2.45) is 0 Å². The van der Waals surface area contributed by atoms with Gasteiger partial charge in [-0.2, -0.15) is 0 Å². The first-order chi connectivity index (χ1) is 4.86. The molecule has 0 fully saturated rings. The Kier molecular flexibility index (Phi) is 0.917. The molecule has 2 N–H and O–H groups in total. The first-order valence-corrected chi connectivity index (χ1v) is 2.94. The number of aromatic nitrogens is 2. The van der Waals surface area contributed by atoms with Crippen molar-refractivity contribution >= 4 is 11.0 Å². The van der Waals surface area contributed by atoms with Crippen LogP contribution in [0, 0.1) is 6.07 Å². The molecule has 2 rings (SSSR count). The number of hydrogen-bond acceptors (Lipinski definition) is 1. The fraction of sp³-hybridized carbons (Fsp3) is 0. The zero-order valence-corrected chi connectivity index (χ0v) is 5.14. The summed E-state index contributed by atoms with van der Waals surface area (Å²) in [7, 11) is 0. The fourth-order valence-electron chi connectivity index (χ4n) is 0.900. The van der Waals surface area contributed by atoms with Gasteiger partial charge in [-0.1, -0.05) is 0 Å². The van der Waals surface area contributed by atoms with Crippen LogP contribution in [-0.4, -0.2) is 9.97 Å². The number of hydrogen-bond donors (Lipinski definition) is 2. The molecule has 0 spiro atoms. The summed E-state index contributed by atoms with van der Waals surface area (Å²) in [4.78, 5) is 16.3. The molecule has 0 bridgehead atoms. The molecule has 0 atom stereocenters. The van der Waals surface area contributed by atoms with E-state index in [4.69, 9.17) is 0 Å². The first kappa shape index (κ1) is 5.29. The SMILES string of the molecule is O=c1c[c]c2[nH]ccc2[nH]1. The van der Waals surface area contributed by atoms with Crippen LogP contribution in [0.5, 0.6) is 0 Å². The normalized spacial score (nSPS) is 10.4. The van der Waals surface area contributed by atoms with E-state index < -0.39 is 0 Å². The van der Waals surface area contributed by atoms with E-state index in [9.17, 15) is 4.79 Å². The van der Waals surface area contributed by atoms with Gasteiger partial charge in [0.25, 0.3) is 0 Å². The quantitative estimate of drug-likeness (QED) is 0.544. The van der Waals surface area contributed by atoms with Crippen LogP contribution < -0.4 is 5.56 Å². The lowest BCUT2D eigenvalue weighted by molar-refractivity contribution is 1.30. The summed E-state index contributed by atoms with van der Waals surface area (Å²) in [6, 6.07) is 5.97. The molecule has 0 aliphatic rings. The Balaban J connectivity index is 2.99. The summed E-state index contributed by atoms with van der Waals surface area (Å²) >= 11 is 0. The van der Waals surface area contributed by atoms with Crippen LogP contribution in [-0.2, 0) is 0 Å². The van der Waals surface area contributed by atoms with E-state index in [1.54, 1.807) is 12.3 Å². The highest BCUT2D eigenvalue weighted by Crippen LogP contribution is 2.02. The maximum absolute atomic E-state index is 10.7. The lowest BCUT2D eigenvalue weighted by Gasteiger charge is -1.83. The standard InChI is InChI=1S/C7H5N2O/c10-7-2-1-5-6(9-7)3-4-8-5/h2-4,8H,(H,9,10). The minimum Gasteiger partial charge on any atom is -0.359 e. The molecule has 0 aliphatic carbocycles. The molecule has 0 unspecified atom stereocenters. The molecular formula is C7H5N2O. The molecule has 2 heterocycles. The van der Waals surface area contributed by atoms with Gasteiger partial charge in [0, 0.05) is 18.3 Å². The topological polar surface area (TPSA) is 48.6 Å². The Bertz CT molecular complexity index is 399. The lowest BCUT2D eigenvalue weighted by atomic mass is 10.4. The van der Waals surface area contributed by atoms with E-state index in [0.717, 1.165) is 11.0 Å². The first-order valence-electron chi connectivity index (χ1n) is 2.94. The van der Waals surface area contributed by atoms with Gasteiger partial charge in [-0.3, -0.25) is 4.79 Å². The van der Waals surface area contributed by atoms with E-state index in [1.807, 2.05) is 0 Å². The van der Waals surface area contributed by atoms with Crippen LogP contribution in [0.3, 0.4) is 0 Å². The predicted molar refractivity (Wildman–Crippen MR) is 37.8 cm³/mol. The number of nitrogens with one attached hydrogen (secondary N) is 2. The number of pyridine rings is 1. The fourth-order valence-corrected chi connectivity index (χ4v) is 0.900. The second-order valence-electron chi connectivity index (χ2n) is 2.04. The smallest absolute Gasteiger partial charge is 0.249 e. The third kappa shape index (κ3) is 0.639. The van der Waals surface area contributed by atoms with E-state index in [-0.39, 0.29) is 5.56 Å². The summed E-state index contributed by atoms with van der Waals surface area (Å²) in [6.07, 6.45) is 1.76. The summed E-state index contributed by atoms with van der Waals surface area (Å²) in [6.45, 7) is 0. The largest absolute Gasteiger partial charge is 0.359 e. The molecule has 0 aromatic carbocycles. The molecule has 3 heteroatoms. The number of rotatable bonds is 0. The van der Waals surface area contributed by atoms with Crippen molar-refractivity contribution in [1.29, 1.82) is 0 Å². The lowest BCUT2D eigenvalue weighted by Crippen LogP contribution is -2.01. The Labute approximate surface area is 56.7 Å². The predicted octanol–water partition coefficient (Wildman–Crippen LogP) is 0.656. The monoisotopic (exact) mass is 133 g/mol. The number of H-pyrrole nitrogens is 2. The van der Waals surface area contributed by atoms with Crippen molar-refractivity contribution in [3.05, 3.63) is 34.7 Å². The highest BCUT2D eigenvalue weighted by atomic mass is 16.1. The van der Waals surface area contributed by atoms with Crippen LogP contribution >= 0.6 is 0 Å². The van der Waals surface area contributed by atoms with Gasteiger partial charge >= 0.3 is 0 Å². The van der Waals surface area contributed by atoms with Crippen molar-refractivity contribution in [3.63, 3.8) is 0 Å². The Morgan fingerprint density at radius 3 is 3.30 bits per heavy atom. The van der Waals surface area contributed by atoms with Gasteiger partial charge in [0.1, 0.15) is 0 Å². The van der Waals surface area contributed by atoms with E-state index in [0.29, 0.717) is 0 Å². The minimum atomic E-state index is -0.118. The van der Waals surface area contributed by atoms with Gasteiger partial charge in [0.05, 0.1) is 11.0 Å². The Morgan fingerprint density at radius 1 is 1.50 bits per heavy atom. The zero-order valence-electron chi connectivity index (χ0n) is 5.14. The third-order valence-electron chi connectivity index (χ3n) is 1.35. The molecule has 1 radical (unpaired) electrons. The maximum atomic E-state index is 10.7. The Hall–Kier alpha value is -1.51. The van der Waals surface area contributed by atoms with Crippen molar-refractivity contribution in [2.45, 2.75) is 0 Å². The van der Waals surface area contributed by atoms with Crippen molar-refractivity contribution in [2.75, 3.05) is 0 Å². The van der Waals surface area contributed by atoms with Crippen molar-refractivity contribution < 1.29 is 0 Å². The molecule has 0 saturated heterocycles. The Morgan fingerprint density at radius 2 is 2.40 bits per heavy atom. The minimum absolute atomic E-state index is 0.118. The van der Waals surface area contributed by atoms with E-state index in [2.05, 4.69) is 16.0 Å². The second kappa shape index (κ2) is 1.73. The van der Waals surface area contributed by atoms with Gasteiger partial charge < -0.3 is 9.97 Å². The zero-order chi connectivity index (χ0) is 6.97. The molecule has 0 saturated carbocycles. The molecule has 10 heavy (non-hydrogen) atoms. The molecule has 3 nitrogen and oxygen atoms in total. The van der Waals surface area contributed by atoms with E-state index >= 15 is 0 Å². The summed E-state index contributed by atoms with van der Waals surface area (Å²) in [5.74, 6) is 0. The number of fused-ring (bicyclic) bond motifs is 1. The maximum Gasteiger partial charge on any atom is 0.249 e. The summed E-state index contributed by atoms with van der Waals surface area (Å²) < 4.78 is 0. The average molecular weight is 133 g/mol. The van der Waals surface area contributed by atoms with Gasteiger partial charge in [-0.15, -0.1) is 0 Å². The van der Waals surface area contributed by atoms with Gasteiger partial charge in [-0.25, -0.2) is 0 Å². The highest BCUT2D eigenvalue weighted by molar-refractivity contribution is 5.73. The van der Waals surface area contributed by atoms with Crippen LogP contribution in [0.4, 0.5) is 0 Å². The van der Waals surface area contributed by atoms with Gasteiger partial charge in [-0.05, 0) is 6.07 Å². The average Bonchev–Trinajstić information content (AvgIpc) is 2.33. The van der Waals surface area contributed by atoms with Gasteiger partial charge in [0.15, 0.2) is 0 Å². The van der Waals surface area contributed by atoms with Crippen LogP contribution in [0.2, 0.25) is 0 Å².